The van der Waals surface area contributed by atoms with E-state index in [1.165, 1.54) is 44.2 Å². The fourth-order valence-corrected chi connectivity index (χ4v) is 5.30. The van der Waals surface area contributed by atoms with Gasteiger partial charge in [0.05, 0.1) is 15.6 Å². The molecule has 0 saturated heterocycles. The Kier molecular flexibility index (Phi) is 3.10. The third-order valence-electron chi connectivity index (χ3n) is 5.71. The van der Waals surface area contributed by atoms with E-state index in [0.717, 1.165) is 29.4 Å². The summed E-state index contributed by atoms with van der Waals surface area (Å²) in [5, 5.41) is 14.8. The van der Waals surface area contributed by atoms with Gasteiger partial charge in [0.2, 0.25) is 0 Å². The molecule has 4 aliphatic rings. The molecule has 0 aromatic heterocycles. The van der Waals surface area contributed by atoms with Crippen LogP contribution in [0, 0.1) is 33.8 Å². The lowest BCUT2D eigenvalue weighted by Gasteiger charge is -2.54. The van der Waals surface area contributed by atoms with Crippen LogP contribution in [0.25, 0.3) is 0 Å². The molecule has 4 nitrogen and oxygen atoms in total. The Balaban J connectivity index is 1.55. The smallest absolute Gasteiger partial charge is 0.271 e. The van der Waals surface area contributed by atoms with Crippen molar-refractivity contribution < 1.29 is 4.92 Å². The SMILES string of the molecule is O=[N+]([O-])c1ccc(NC2C3CC4CC(C3)CC2C4)c(Cl)c1. The minimum absolute atomic E-state index is 0.0515. The maximum atomic E-state index is 10.8. The Labute approximate surface area is 129 Å². The number of benzene rings is 1. The zero-order chi connectivity index (χ0) is 14.6. The van der Waals surface area contributed by atoms with Crippen molar-refractivity contribution in [1.29, 1.82) is 0 Å². The topological polar surface area (TPSA) is 55.2 Å². The second-order valence-electron chi connectivity index (χ2n) is 7.02. The van der Waals surface area contributed by atoms with Gasteiger partial charge in [-0.05, 0) is 61.8 Å². The van der Waals surface area contributed by atoms with Crippen LogP contribution in [0.1, 0.15) is 32.1 Å². The molecule has 0 spiro atoms. The quantitative estimate of drug-likeness (QED) is 0.661. The predicted molar refractivity (Wildman–Crippen MR) is 82.6 cm³/mol. The summed E-state index contributed by atoms with van der Waals surface area (Å²) in [6.07, 6.45) is 6.81. The summed E-state index contributed by atoms with van der Waals surface area (Å²) in [5.41, 5.74) is 0.898. The summed E-state index contributed by atoms with van der Waals surface area (Å²) in [6, 6.07) is 5.23. The Morgan fingerprint density at radius 2 is 1.71 bits per heavy atom. The Bertz CT molecular complexity index is 562. The van der Waals surface area contributed by atoms with E-state index in [2.05, 4.69) is 5.32 Å². The van der Waals surface area contributed by atoms with Crippen molar-refractivity contribution in [1.82, 2.24) is 0 Å². The van der Waals surface area contributed by atoms with Gasteiger partial charge in [0.25, 0.3) is 5.69 Å². The minimum Gasteiger partial charge on any atom is -0.381 e. The van der Waals surface area contributed by atoms with Gasteiger partial charge in [-0.25, -0.2) is 0 Å². The third kappa shape index (κ3) is 2.30. The minimum atomic E-state index is -0.404. The number of anilines is 1. The zero-order valence-corrected chi connectivity index (χ0v) is 12.6. The van der Waals surface area contributed by atoms with Crippen molar-refractivity contribution in [2.75, 3.05) is 5.32 Å². The van der Waals surface area contributed by atoms with E-state index in [0.29, 0.717) is 11.1 Å². The molecule has 1 aromatic rings. The second-order valence-corrected chi connectivity index (χ2v) is 7.43. The number of rotatable bonds is 3. The van der Waals surface area contributed by atoms with E-state index in [1.54, 1.807) is 6.07 Å². The fraction of sp³-hybridized carbons (Fsp3) is 0.625. The van der Waals surface area contributed by atoms with Crippen molar-refractivity contribution in [3.05, 3.63) is 33.3 Å². The molecule has 112 valence electrons. The molecule has 4 fully saturated rings. The molecular weight excluding hydrogens is 288 g/mol. The first-order chi connectivity index (χ1) is 10.1. The number of nitro groups is 1. The van der Waals surface area contributed by atoms with Crippen LogP contribution in [0.5, 0.6) is 0 Å². The predicted octanol–water partition coefficient (Wildman–Crippen LogP) is 4.48. The van der Waals surface area contributed by atoms with E-state index < -0.39 is 4.92 Å². The number of hydrogen-bond donors (Lipinski definition) is 1. The first kappa shape index (κ1) is 13.4. The van der Waals surface area contributed by atoms with Crippen molar-refractivity contribution in [3.63, 3.8) is 0 Å². The van der Waals surface area contributed by atoms with E-state index in [-0.39, 0.29) is 5.69 Å². The van der Waals surface area contributed by atoms with Crippen LogP contribution in [0.3, 0.4) is 0 Å². The number of nitro benzene ring substituents is 1. The molecule has 0 unspecified atom stereocenters. The lowest BCUT2D eigenvalue weighted by Crippen LogP contribution is -2.51. The normalized spacial score (nSPS) is 36.7. The van der Waals surface area contributed by atoms with Gasteiger partial charge >= 0.3 is 0 Å². The molecule has 5 rings (SSSR count). The van der Waals surface area contributed by atoms with Crippen molar-refractivity contribution in [3.8, 4) is 0 Å². The maximum Gasteiger partial charge on any atom is 0.271 e. The van der Waals surface area contributed by atoms with Gasteiger partial charge in [-0.1, -0.05) is 11.6 Å². The summed E-state index contributed by atoms with van der Waals surface area (Å²) in [4.78, 5) is 10.4. The summed E-state index contributed by atoms with van der Waals surface area (Å²) >= 11 is 6.22. The lowest BCUT2D eigenvalue weighted by molar-refractivity contribution is -0.384. The number of nitrogens with zero attached hydrogens (tertiary/aromatic N) is 1. The van der Waals surface area contributed by atoms with Crippen molar-refractivity contribution >= 4 is 23.0 Å². The van der Waals surface area contributed by atoms with Crippen LogP contribution in [-0.4, -0.2) is 11.0 Å². The van der Waals surface area contributed by atoms with E-state index in [1.807, 2.05) is 0 Å². The highest BCUT2D eigenvalue weighted by atomic mass is 35.5. The largest absolute Gasteiger partial charge is 0.381 e. The highest BCUT2D eigenvalue weighted by molar-refractivity contribution is 6.33. The van der Waals surface area contributed by atoms with Crippen LogP contribution in [0.4, 0.5) is 11.4 Å². The van der Waals surface area contributed by atoms with E-state index in [4.69, 9.17) is 11.6 Å². The molecule has 4 bridgehead atoms. The number of nitrogens with one attached hydrogen (secondary N) is 1. The van der Waals surface area contributed by atoms with Crippen molar-refractivity contribution in [2.45, 2.75) is 38.1 Å². The van der Waals surface area contributed by atoms with Crippen LogP contribution in [-0.2, 0) is 0 Å². The molecule has 4 saturated carbocycles. The van der Waals surface area contributed by atoms with Gasteiger partial charge in [-0.3, -0.25) is 10.1 Å². The summed E-state index contributed by atoms with van der Waals surface area (Å²) < 4.78 is 0. The molecular formula is C16H19ClN2O2. The molecule has 1 N–H and O–H groups in total. The molecule has 21 heavy (non-hydrogen) atoms. The highest BCUT2D eigenvalue weighted by Gasteiger charge is 2.48. The fourth-order valence-electron chi connectivity index (χ4n) is 5.08. The van der Waals surface area contributed by atoms with Gasteiger partial charge in [-0.15, -0.1) is 0 Å². The van der Waals surface area contributed by atoms with Crippen LogP contribution >= 0.6 is 11.6 Å². The Morgan fingerprint density at radius 3 is 2.24 bits per heavy atom. The zero-order valence-electron chi connectivity index (χ0n) is 11.8. The molecule has 0 aliphatic heterocycles. The number of halogens is 1. The number of non-ortho nitro benzene ring substituents is 1. The van der Waals surface area contributed by atoms with Gasteiger partial charge in [-0.2, -0.15) is 0 Å². The Hall–Kier alpha value is -1.29. The molecule has 0 radical (unpaired) electrons. The van der Waals surface area contributed by atoms with Crippen LogP contribution < -0.4 is 5.32 Å². The van der Waals surface area contributed by atoms with Gasteiger partial charge < -0.3 is 5.32 Å². The van der Waals surface area contributed by atoms with E-state index >= 15 is 0 Å². The monoisotopic (exact) mass is 306 g/mol. The first-order valence-electron chi connectivity index (χ1n) is 7.80. The Morgan fingerprint density at radius 1 is 1.10 bits per heavy atom. The average molecular weight is 307 g/mol. The molecule has 4 aliphatic carbocycles. The second kappa shape index (κ2) is 4.87. The van der Waals surface area contributed by atoms with Crippen molar-refractivity contribution in [2.24, 2.45) is 23.7 Å². The van der Waals surface area contributed by atoms with Crippen LogP contribution in [0.2, 0.25) is 5.02 Å². The van der Waals surface area contributed by atoms with Gasteiger partial charge in [0.15, 0.2) is 0 Å². The number of hydrogen-bond acceptors (Lipinski definition) is 3. The summed E-state index contributed by atoms with van der Waals surface area (Å²) in [5.74, 6) is 3.40. The third-order valence-corrected chi connectivity index (χ3v) is 6.03. The molecule has 1 aromatic carbocycles. The molecule has 0 atom stereocenters. The molecule has 0 heterocycles. The summed E-state index contributed by atoms with van der Waals surface area (Å²) in [7, 11) is 0. The summed E-state index contributed by atoms with van der Waals surface area (Å²) in [6.45, 7) is 0. The van der Waals surface area contributed by atoms with Gasteiger partial charge in [0.1, 0.15) is 0 Å². The standard InChI is InChI=1S/C16H19ClN2O2/c17-14-8-13(19(20)21)1-2-15(14)18-16-11-4-9-3-10(6-11)7-12(16)5-9/h1-2,8-12,16,18H,3-7H2. The van der Waals surface area contributed by atoms with Crippen LogP contribution in [0.15, 0.2) is 18.2 Å². The molecule has 0 amide bonds. The van der Waals surface area contributed by atoms with E-state index in [9.17, 15) is 10.1 Å². The maximum absolute atomic E-state index is 10.8. The lowest BCUT2D eigenvalue weighted by atomic mass is 9.54. The average Bonchev–Trinajstić information content (AvgIpc) is 2.43. The first-order valence-corrected chi connectivity index (χ1v) is 8.18. The molecule has 5 heteroatoms. The van der Waals surface area contributed by atoms with Gasteiger partial charge in [0, 0.05) is 18.2 Å². The highest BCUT2D eigenvalue weighted by Crippen LogP contribution is 2.54.